The molecule has 1 unspecified atom stereocenters. The van der Waals surface area contributed by atoms with Gasteiger partial charge in [0.15, 0.2) is 0 Å². The van der Waals surface area contributed by atoms with Gasteiger partial charge >= 0.3 is 0 Å². The molecule has 1 atom stereocenters. The Morgan fingerprint density at radius 1 is 1.47 bits per heavy atom. The SMILES string of the molecule is CC(C)n1cncc1C(CN)N(C)CCS(C)(=O)=O. The quantitative estimate of drug-likeness (QED) is 0.787. The van der Waals surface area contributed by atoms with E-state index in [0.717, 1.165) is 5.69 Å². The van der Waals surface area contributed by atoms with Crippen LogP contribution in [0, 0.1) is 0 Å². The predicted octanol–water partition coefficient (Wildman–Crippen LogP) is 0.440. The van der Waals surface area contributed by atoms with Crippen molar-refractivity contribution in [3.63, 3.8) is 0 Å². The van der Waals surface area contributed by atoms with E-state index in [-0.39, 0.29) is 11.8 Å². The van der Waals surface area contributed by atoms with Crippen molar-refractivity contribution in [1.29, 1.82) is 0 Å². The van der Waals surface area contributed by atoms with E-state index in [1.807, 2.05) is 11.9 Å². The maximum absolute atomic E-state index is 11.2. The third-order valence-electron chi connectivity index (χ3n) is 3.16. The van der Waals surface area contributed by atoms with Gasteiger partial charge in [-0.2, -0.15) is 0 Å². The fraction of sp³-hybridized carbons (Fsp3) is 0.750. The number of nitrogens with zero attached hydrogens (tertiary/aromatic N) is 3. The van der Waals surface area contributed by atoms with Gasteiger partial charge in [0.05, 0.1) is 23.8 Å². The second kappa shape index (κ2) is 6.49. The van der Waals surface area contributed by atoms with Gasteiger partial charge in [-0.1, -0.05) is 0 Å². The normalized spacial score (nSPS) is 14.3. The van der Waals surface area contributed by atoms with Crippen LogP contribution in [0.2, 0.25) is 0 Å². The number of aromatic nitrogens is 2. The molecule has 0 spiro atoms. The van der Waals surface area contributed by atoms with E-state index < -0.39 is 9.84 Å². The Balaban J connectivity index is 2.85. The highest BCUT2D eigenvalue weighted by molar-refractivity contribution is 7.90. The molecule has 0 aromatic carbocycles. The summed E-state index contributed by atoms with van der Waals surface area (Å²) in [5.74, 6) is 0.135. The lowest BCUT2D eigenvalue weighted by atomic mass is 10.2. The first-order chi connectivity index (χ1) is 8.76. The van der Waals surface area contributed by atoms with Crippen LogP contribution in [-0.2, 0) is 9.84 Å². The summed E-state index contributed by atoms with van der Waals surface area (Å²) < 4.78 is 24.5. The number of nitrogens with two attached hydrogens (primary N) is 1. The van der Waals surface area contributed by atoms with Crippen molar-refractivity contribution >= 4 is 9.84 Å². The lowest BCUT2D eigenvalue weighted by Gasteiger charge is -2.28. The monoisotopic (exact) mass is 288 g/mol. The van der Waals surface area contributed by atoms with Gasteiger partial charge in [0.25, 0.3) is 0 Å². The molecule has 0 aliphatic rings. The number of hydrogen-bond acceptors (Lipinski definition) is 5. The molecule has 0 bridgehead atoms. The fourth-order valence-electron chi connectivity index (χ4n) is 2.00. The first kappa shape index (κ1) is 16.1. The topological polar surface area (TPSA) is 81.2 Å². The van der Waals surface area contributed by atoms with Crippen molar-refractivity contribution in [2.45, 2.75) is 25.9 Å². The van der Waals surface area contributed by atoms with Crippen LogP contribution in [0.25, 0.3) is 0 Å². The van der Waals surface area contributed by atoms with Crippen molar-refractivity contribution in [2.24, 2.45) is 5.73 Å². The summed E-state index contributed by atoms with van der Waals surface area (Å²) in [5, 5.41) is 0. The minimum absolute atomic E-state index is 0.0216. The standard InChI is InChI=1S/C12H24N4O2S/c1-10(2)16-9-14-8-12(16)11(7-13)15(3)5-6-19(4,17)18/h8-11H,5-7,13H2,1-4H3. The molecule has 1 heterocycles. The lowest BCUT2D eigenvalue weighted by molar-refractivity contribution is 0.251. The van der Waals surface area contributed by atoms with Gasteiger partial charge < -0.3 is 10.3 Å². The van der Waals surface area contributed by atoms with Crippen LogP contribution in [0.3, 0.4) is 0 Å². The van der Waals surface area contributed by atoms with Crippen molar-refractivity contribution in [1.82, 2.24) is 14.5 Å². The summed E-state index contributed by atoms with van der Waals surface area (Å²) in [7, 11) is -1.07. The highest BCUT2D eigenvalue weighted by atomic mass is 32.2. The first-order valence-corrected chi connectivity index (χ1v) is 8.42. The smallest absolute Gasteiger partial charge is 0.148 e. The molecule has 0 aliphatic heterocycles. The second-order valence-electron chi connectivity index (χ2n) is 5.18. The van der Waals surface area contributed by atoms with E-state index in [0.29, 0.717) is 19.1 Å². The van der Waals surface area contributed by atoms with Gasteiger partial charge in [-0.25, -0.2) is 13.4 Å². The Morgan fingerprint density at radius 2 is 2.11 bits per heavy atom. The van der Waals surface area contributed by atoms with Gasteiger partial charge in [0, 0.05) is 31.6 Å². The molecule has 0 fully saturated rings. The summed E-state index contributed by atoms with van der Waals surface area (Å²) in [5.41, 5.74) is 6.86. The van der Waals surface area contributed by atoms with E-state index in [9.17, 15) is 8.42 Å². The first-order valence-electron chi connectivity index (χ1n) is 6.36. The molecule has 0 saturated carbocycles. The summed E-state index contributed by atoms with van der Waals surface area (Å²) in [6.45, 7) is 5.05. The highest BCUT2D eigenvalue weighted by Gasteiger charge is 2.21. The minimum Gasteiger partial charge on any atom is -0.331 e. The third kappa shape index (κ3) is 4.59. The molecule has 1 aromatic rings. The minimum atomic E-state index is -2.96. The Morgan fingerprint density at radius 3 is 2.58 bits per heavy atom. The molecule has 0 radical (unpaired) electrons. The Labute approximate surface area is 115 Å². The van der Waals surface area contributed by atoms with Gasteiger partial charge in [0.2, 0.25) is 0 Å². The average Bonchev–Trinajstić information content (AvgIpc) is 2.75. The van der Waals surface area contributed by atoms with Gasteiger partial charge in [0.1, 0.15) is 9.84 Å². The Bertz CT molecular complexity index is 496. The molecule has 0 amide bonds. The van der Waals surface area contributed by atoms with E-state index in [1.165, 1.54) is 6.26 Å². The van der Waals surface area contributed by atoms with Crippen molar-refractivity contribution < 1.29 is 8.42 Å². The van der Waals surface area contributed by atoms with Crippen LogP contribution >= 0.6 is 0 Å². The molecule has 110 valence electrons. The molecule has 1 rings (SSSR count). The number of rotatable bonds is 7. The van der Waals surface area contributed by atoms with Gasteiger partial charge in [-0.15, -0.1) is 0 Å². The van der Waals surface area contributed by atoms with Crippen LogP contribution in [0.4, 0.5) is 0 Å². The summed E-state index contributed by atoms with van der Waals surface area (Å²) in [4.78, 5) is 6.14. The zero-order valence-corrected chi connectivity index (χ0v) is 12.9. The molecule has 0 saturated heterocycles. The molecule has 19 heavy (non-hydrogen) atoms. The fourth-order valence-corrected chi connectivity index (χ4v) is 2.62. The lowest BCUT2D eigenvalue weighted by Crippen LogP contribution is -2.35. The summed E-state index contributed by atoms with van der Waals surface area (Å²) >= 11 is 0. The molecule has 7 heteroatoms. The molecule has 1 aromatic heterocycles. The molecule has 6 nitrogen and oxygen atoms in total. The second-order valence-corrected chi connectivity index (χ2v) is 7.44. The van der Waals surface area contributed by atoms with Gasteiger partial charge in [-0.05, 0) is 20.9 Å². The van der Waals surface area contributed by atoms with Crippen molar-refractivity contribution in [2.75, 3.05) is 32.1 Å². The Kier molecular flexibility index (Phi) is 5.51. The molecular formula is C12H24N4O2S. The number of imidazole rings is 1. The average molecular weight is 288 g/mol. The third-order valence-corrected chi connectivity index (χ3v) is 4.09. The van der Waals surface area contributed by atoms with E-state index in [1.54, 1.807) is 12.5 Å². The number of hydrogen-bond donors (Lipinski definition) is 1. The van der Waals surface area contributed by atoms with Crippen LogP contribution in [-0.4, -0.2) is 55.0 Å². The number of sulfone groups is 1. The Hall–Kier alpha value is -0.920. The number of likely N-dealkylation sites (N-methyl/N-ethyl adjacent to an activating group) is 1. The zero-order chi connectivity index (χ0) is 14.6. The maximum Gasteiger partial charge on any atom is 0.148 e. The maximum atomic E-state index is 11.2. The highest BCUT2D eigenvalue weighted by Crippen LogP contribution is 2.21. The van der Waals surface area contributed by atoms with Crippen LogP contribution in [0.5, 0.6) is 0 Å². The van der Waals surface area contributed by atoms with E-state index >= 15 is 0 Å². The predicted molar refractivity (Wildman–Crippen MR) is 76.7 cm³/mol. The van der Waals surface area contributed by atoms with Crippen LogP contribution < -0.4 is 5.73 Å². The summed E-state index contributed by atoms with van der Waals surface area (Å²) in [6, 6.07) is 0.279. The van der Waals surface area contributed by atoms with E-state index in [2.05, 4.69) is 23.4 Å². The molecule has 2 N–H and O–H groups in total. The van der Waals surface area contributed by atoms with E-state index in [4.69, 9.17) is 5.73 Å². The van der Waals surface area contributed by atoms with Crippen LogP contribution in [0.1, 0.15) is 31.6 Å². The zero-order valence-electron chi connectivity index (χ0n) is 12.1. The van der Waals surface area contributed by atoms with Crippen LogP contribution in [0.15, 0.2) is 12.5 Å². The molecular weight excluding hydrogens is 264 g/mol. The summed E-state index contributed by atoms with van der Waals surface area (Å²) in [6.07, 6.45) is 4.83. The van der Waals surface area contributed by atoms with Crippen molar-refractivity contribution in [3.05, 3.63) is 18.2 Å². The largest absolute Gasteiger partial charge is 0.331 e. The van der Waals surface area contributed by atoms with Crippen molar-refractivity contribution in [3.8, 4) is 0 Å². The van der Waals surface area contributed by atoms with Gasteiger partial charge in [-0.3, -0.25) is 4.90 Å². The molecule has 0 aliphatic carbocycles.